The number of nitrogens with zero attached hydrogens (tertiary/aromatic N) is 2. The first-order valence-corrected chi connectivity index (χ1v) is 10.2. The number of rotatable bonds is 5. The van der Waals surface area contributed by atoms with E-state index in [1.165, 1.54) is 6.42 Å². The maximum Gasteiger partial charge on any atom is 0.271 e. The fourth-order valence-electron chi connectivity index (χ4n) is 4.63. The van der Waals surface area contributed by atoms with Crippen molar-refractivity contribution in [2.75, 3.05) is 20.3 Å². The van der Waals surface area contributed by atoms with Gasteiger partial charge in [0.15, 0.2) is 0 Å². The maximum absolute atomic E-state index is 13.4. The first kappa shape index (κ1) is 19.0. The molecule has 0 bridgehead atoms. The summed E-state index contributed by atoms with van der Waals surface area (Å²) in [7, 11) is 1.62. The molecule has 6 heteroatoms. The standard InChI is InChI=1S/C22H29N3O3/c1-22(21(27)23-17-9-4-3-5-10-17)15-24-18-11-7-6-8-16(18)14-19(24)20(26)25(22)12-13-28-2/h6-8,11,14,17H,3-5,9-10,12-13,15H2,1-2H3,(H,23,27). The Labute approximate surface area is 165 Å². The second-order valence-electron chi connectivity index (χ2n) is 8.21. The molecule has 1 fully saturated rings. The van der Waals surface area contributed by atoms with Gasteiger partial charge in [-0.1, -0.05) is 37.5 Å². The molecule has 0 spiro atoms. The van der Waals surface area contributed by atoms with E-state index in [0.29, 0.717) is 25.4 Å². The lowest BCUT2D eigenvalue weighted by molar-refractivity contribution is -0.134. The molecule has 2 aromatic rings. The van der Waals surface area contributed by atoms with Crippen molar-refractivity contribution in [1.82, 2.24) is 14.8 Å². The van der Waals surface area contributed by atoms with Gasteiger partial charge in [0.05, 0.1) is 13.2 Å². The molecule has 28 heavy (non-hydrogen) atoms. The molecule has 1 N–H and O–H groups in total. The summed E-state index contributed by atoms with van der Waals surface area (Å²) in [6, 6.07) is 10.1. The summed E-state index contributed by atoms with van der Waals surface area (Å²) < 4.78 is 7.23. The van der Waals surface area contributed by atoms with E-state index in [1.807, 2.05) is 41.8 Å². The molecule has 2 heterocycles. The van der Waals surface area contributed by atoms with Crippen molar-refractivity contribution in [2.45, 2.75) is 57.2 Å². The Hall–Kier alpha value is -2.34. The van der Waals surface area contributed by atoms with Crippen molar-refractivity contribution in [1.29, 1.82) is 0 Å². The van der Waals surface area contributed by atoms with Crippen molar-refractivity contribution in [3.05, 3.63) is 36.0 Å². The number of fused-ring (bicyclic) bond motifs is 3. The molecule has 4 rings (SSSR count). The van der Waals surface area contributed by atoms with Crippen LogP contribution in [0.25, 0.3) is 10.9 Å². The molecule has 0 saturated heterocycles. The third-order valence-corrected chi connectivity index (χ3v) is 6.29. The molecule has 1 aromatic carbocycles. The highest BCUT2D eigenvalue weighted by atomic mass is 16.5. The van der Waals surface area contributed by atoms with Gasteiger partial charge in [-0.25, -0.2) is 0 Å². The number of amides is 2. The minimum absolute atomic E-state index is 0.0627. The van der Waals surface area contributed by atoms with E-state index in [9.17, 15) is 9.59 Å². The monoisotopic (exact) mass is 383 g/mol. The Bertz CT molecular complexity index is 884. The number of methoxy groups -OCH3 is 1. The average molecular weight is 383 g/mol. The number of ether oxygens (including phenoxy) is 1. The normalized spacial score (nSPS) is 23.1. The molecule has 1 aliphatic carbocycles. The van der Waals surface area contributed by atoms with E-state index in [1.54, 1.807) is 12.0 Å². The molecule has 1 unspecified atom stereocenters. The minimum atomic E-state index is -0.943. The quantitative estimate of drug-likeness (QED) is 0.863. The van der Waals surface area contributed by atoms with Crippen LogP contribution in [0, 0.1) is 0 Å². The first-order chi connectivity index (χ1) is 13.5. The van der Waals surface area contributed by atoms with Crippen molar-refractivity contribution in [3.8, 4) is 0 Å². The smallest absolute Gasteiger partial charge is 0.271 e. The molecule has 0 radical (unpaired) electrons. The molecule has 150 valence electrons. The number of carbonyl (C=O) groups excluding carboxylic acids is 2. The highest BCUT2D eigenvalue weighted by molar-refractivity contribution is 6.03. The van der Waals surface area contributed by atoms with Gasteiger partial charge >= 0.3 is 0 Å². The number of aromatic nitrogens is 1. The Kier molecular flexibility index (Phi) is 5.15. The number of para-hydroxylation sites is 1. The van der Waals surface area contributed by atoms with Crippen molar-refractivity contribution >= 4 is 22.7 Å². The van der Waals surface area contributed by atoms with Gasteiger partial charge in [0.25, 0.3) is 5.91 Å². The van der Waals surface area contributed by atoms with E-state index in [2.05, 4.69) is 5.32 Å². The third kappa shape index (κ3) is 3.20. The van der Waals surface area contributed by atoms with Gasteiger partial charge in [0, 0.05) is 30.6 Å². The van der Waals surface area contributed by atoms with Gasteiger partial charge in [0.2, 0.25) is 5.91 Å². The molecule has 2 amide bonds. The highest BCUT2D eigenvalue weighted by Crippen LogP contribution is 2.32. The summed E-state index contributed by atoms with van der Waals surface area (Å²) in [6.45, 7) is 3.13. The average Bonchev–Trinajstić information content (AvgIpc) is 3.07. The Balaban J connectivity index is 1.70. The lowest BCUT2D eigenvalue weighted by atomic mass is 9.91. The van der Waals surface area contributed by atoms with Crippen LogP contribution in [0.2, 0.25) is 0 Å². The van der Waals surface area contributed by atoms with Gasteiger partial charge in [-0.2, -0.15) is 0 Å². The summed E-state index contributed by atoms with van der Waals surface area (Å²) >= 11 is 0. The predicted octanol–water partition coefficient (Wildman–Crippen LogP) is 2.95. The predicted molar refractivity (Wildman–Crippen MR) is 108 cm³/mol. The minimum Gasteiger partial charge on any atom is -0.383 e. The number of hydrogen-bond acceptors (Lipinski definition) is 3. The second kappa shape index (κ2) is 7.59. The lowest BCUT2D eigenvalue weighted by Crippen LogP contribution is -2.65. The van der Waals surface area contributed by atoms with Gasteiger partial charge in [0.1, 0.15) is 11.2 Å². The lowest BCUT2D eigenvalue weighted by Gasteiger charge is -2.44. The van der Waals surface area contributed by atoms with Crippen LogP contribution in [-0.4, -0.2) is 53.1 Å². The number of benzene rings is 1. The van der Waals surface area contributed by atoms with E-state index >= 15 is 0 Å². The summed E-state index contributed by atoms with van der Waals surface area (Å²) in [5, 5.41) is 4.26. The van der Waals surface area contributed by atoms with Crippen LogP contribution in [0.1, 0.15) is 49.5 Å². The zero-order chi connectivity index (χ0) is 19.7. The molecule has 1 aromatic heterocycles. The molecule has 1 aliphatic heterocycles. The van der Waals surface area contributed by atoms with Crippen molar-refractivity contribution in [2.24, 2.45) is 0 Å². The van der Waals surface area contributed by atoms with Crippen LogP contribution in [-0.2, 0) is 16.1 Å². The van der Waals surface area contributed by atoms with E-state index in [4.69, 9.17) is 4.74 Å². The Morgan fingerprint density at radius 2 is 2.00 bits per heavy atom. The zero-order valence-corrected chi connectivity index (χ0v) is 16.7. The zero-order valence-electron chi connectivity index (χ0n) is 16.7. The maximum atomic E-state index is 13.4. The summed E-state index contributed by atoms with van der Waals surface area (Å²) in [5.41, 5.74) is 0.691. The number of nitrogens with one attached hydrogen (secondary N) is 1. The van der Waals surface area contributed by atoms with Crippen molar-refractivity contribution in [3.63, 3.8) is 0 Å². The van der Waals surface area contributed by atoms with Gasteiger partial charge in [-0.05, 0) is 31.9 Å². The van der Waals surface area contributed by atoms with E-state index in [-0.39, 0.29) is 17.9 Å². The molecule has 2 aliphatic rings. The molecule has 1 atom stereocenters. The van der Waals surface area contributed by atoms with Crippen LogP contribution in [0.15, 0.2) is 30.3 Å². The Morgan fingerprint density at radius 1 is 1.25 bits per heavy atom. The number of carbonyl (C=O) groups is 2. The van der Waals surface area contributed by atoms with Crippen molar-refractivity contribution < 1.29 is 14.3 Å². The highest BCUT2D eigenvalue weighted by Gasteiger charge is 2.47. The fourth-order valence-corrected chi connectivity index (χ4v) is 4.63. The Morgan fingerprint density at radius 3 is 2.75 bits per heavy atom. The van der Waals surface area contributed by atoms with Crippen LogP contribution >= 0.6 is 0 Å². The fraction of sp³-hybridized carbons (Fsp3) is 0.545. The van der Waals surface area contributed by atoms with Crippen LogP contribution in [0.5, 0.6) is 0 Å². The SMILES string of the molecule is COCCN1C(=O)c2cc3ccccc3n2CC1(C)C(=O)NC1CCCCC1. The van der Waals surface area contributed by atoms with Gasteiger partial charge < -0.3 is 19.5 Å². The van der Waals surface area contributed by atoms with E-state index < -0.39 is 5.54 Å². The summed E-state index contributed by atoms with van der Waals surface area (Å²) in [4.78, 5) is 28.5. The van der Waals surface area contributed by atoms with Gasteiger partial charge in [-0.15, -0.1) is 0 Å². The molecule has 1 saturated carbocycles. The topological polar surface area (TPSA) is 63.6 Å². The second-order valence-corrected chi connectivity index (χ2v) is 8.21. The summed E-state index contributed by atoms with van der Waals surface area (Å²) in [6.07, 6.45) is 5.58. The summed E-state index contributed by atoms with van der Waals surface area (Å²) in [5.74, 6) is -0.173. The van der Waals surface area contributed by atoms with Gasteiger partial charge in [-0.3, -0.25) is 9.59 Å². The first-order valence-electron chi connectivity index (χ1n) is 10.2. The molecular weight excluding hydrogens is 354 g/mol. The van der Waals surface area contributed by atoms with E-state index in [0.717, 1.165) is 36.6 Å². The van der Waals surface area contributed by atoms with Crippen LogP contribution in [0.4, 0.5) is 0 Å². The molecular formula is C22H29N3O3. The largest absolute Gasteiger partial charge is 0.383 e. The van der Waals surface area contributed by atoms with Crippen LogP contribution in [0.3, 0.4) is 0 Å². The van der Waals surface area contributed by atoms with Crippen LogP contribution < -0.4 is 5.32 Å². The number of hydrogen-bond donors (Lipinski definition) is 1. The third-order valence-electron chi connectivity index (χ3n) is 6.29. The molecule has 6 nitrogen and oxygen atoms in total.